The number of nitrogens with two attached hydrogens (primary N) is 1. The molecule has 78 valence electrons. The summed E-state index contributed by atoms with van der Waals surface area (Å²) < 4.78 is 10.3. The average Bonchev–Trinajstić information content (AvgIpc) is 2.18. The van der Waals surface area contributed by atoms with Crippen LogP contribution in [0.5, 0.6) is 5.75 Å². The van der Waals surface area contributed by atoms with Crippen molar-refractivity contribution in [3.05, 3.63) is 23.2 Å². The van der Waals surface area contributed by atoms with Gasteiger partial charge in [0.05, 0.1) is 17.3 Å². The fourth-order valence-corrected chi connectivity index (χ4v) is 1.16. The molecule has 0 fully saturated rings. The van der Waals surface area contributed by atoms with Gasteiger partial charge in [-0.1, -0.05) is 11.6 Å². The molecule has 0 saturated heterocycles. The normalized spacial score (nSPS) is 10.1. The van der Waals surface area contributed by atoms with Crippen molar-refractivity contribution in [2.45, 2.75) is 6.42 Å². The summed E-state index contributed by atoms with van der Waals surface area (Å²) in [6, 6.07) is 5.24. The second-order valence-corrected chi connectivity index (χ2v) is 3.29. The highest BCUT2D eigenvalue weighted by molar-refractivity contribution is 6.33. The van der Waals surface area contributed by atoms with Crippen LogP contribution in [0, 0.1) is 0 Å². The number of benzene rings is 1. The highest BCUT2D eigenvalue weighted by atomic mass is 35.5. The Morgan fingerprint density at radius 2 is 2.14 bits per heavy atom. The lowest BCUT2D eigenvalue weighted by atomic mass is 10.3. The van der Waals surface area contributed by atoms with Crippen molar-refractivity contribution in [2.75, 3.05) is 26.1 Å². The van der Waals surface area contributed by atoms with E-state index in [0.29, 0.717) is 23.9 Å². The minimum absolute atomic E-state index is 0.522. The van der Waals surface area contributed by atoms with Gasteiger partial charge in [0.2, 0.25) is 0 Å². The zero-order chi connectivity index (χ0) is 10.4. The molecule has 3 nitrogen and oxygen atoms in total. The van der Waals surface area contributed by atoms with Crippen LogP contribution in [0.1, 0.15) is 6.42 Å². The van der Waals surface area contributed by atoms with E-state index in [1.54, 1.807) is 25.3 Å². The average molecular weight is 216 g/mol. The van der Waals surface area contributed by atoms with Gasteiger partial charge in [0.25, 0.3) is 0 Å². The fourth-order valence-electron chi connectivity index (χ4n) is 0.991. The monoisotopic (exact) mass is 215 g/mol. The van der Waals surface area contributed by atoms with Crippen molar-refractivity contribution in [1.29, 1.82) is 0 Å². The van der Waals surface area contributed by atoms with Gasteiger partial charge in [0, 0.05) is 26.2 Å². The quantitative estimate of drug-likeness (QED) is 0.606. The van der Waals surface area contributed by atoms with Crippen molar-refractivity contribution >= 4 is 17.3 Å². The van der Waals surface area contributed by atoms with Gasteiger partial charge >= 0.3 is 0 Å². The largest absolute Gasteiger partial charge is 0.493 e. The van der Waals surface area contributed by atoms with Crippen molar-refractivity contribution in [1.82, 2.24) is 0 Å². The van der Waals surface area contributed by atoms with E-state index >= 15 is 0 Å². The lowest BCUT2D eigenvalue weighted by Gasteiger charge is -2.06. The Morgan fingerprint density at radius 1 is 1.36 bits per heavy atom. The summed E-state index contributed by atoms with van der Waals surface area (Å²) in [5.74, 6) is 0.736. The number of halogens is 1. The Balaban J connectivity index is 2.39. The first-order valence-corrected chi connectivity index (χ1v) is 4.78. The molecule has 0 radical (unpaired) electrons. The predicted octanol–water partition coefficient (Wildman–Crippen LogP) is 2.34. The number of rotatable bonds is 5. The third-order valence-electron chi connectivity index (χ3n) is 1.73. The van der Waals surface area contributed by atoms with E-state index in [-0.39, 0.29) is 0 Å². The number of ether oxygens (including phenoxy) is 2. The van der Waals surface area contributed by atoms with Crippen LogP contribution in [-0.2, 0) is 4.74 Å². The van der Waals surface area contributed by atoms with Gasteiger partial charge in [-0.15, -0.1) is 0 Å². The zero-order valence-electron chi connectivity index (χ0n) is 8.13. The van der Waals surface area contributed by atoms with Crippen molar-refractivity contribution in [3.8, 4) is 5.75 Å². The maximum absolute atomic E-state index is 5.82. The van der Waals surface area contributed by atoms with Crippen LogP contribution >= 0.6 is 11.6 Å². The lowest BCUT2D eigenvalue weighted by molar-refractivity contribution is 0.172. The molecule has 0 aromatic heterocycles. The van der Waals surface area contributed by atoms with Gasteiger partial charge in [0.15, 0.2) is 0 Å². The molecule has 1 aromatic rings. The number of hydrogen-bond acceptors (Lipinski definition) is 3. The van der Waals surface area contributed by atoms with Gasteiger partial charge in [-0.2, -0.15) is 0 Å². The second kappa shape index (κ2) is 5.73. The van der Waals surface area contributed by atoms with Crippen molar-refractivity contribution in [3.63, 3.8) is 0 Å². The Labute approximate surface area is 88.8 Å². The van der Waals surface area contributed by atoms with Crippen LogP contribution in [0.2, 0.25) is 5.02 Å². The Hall–Kier alpha value is -0.930. The SMILES string of the molecule is COCCCOc1ccc(N)c(Cl)c1. The molecule has 4 heteroatoms. The maximum atomic E-state index is 5.82. The Bertz CT molecular complexity index is 291. The molecule has 14 heavy (non-hydrogen) atoms. The third-order valence-corrected chi connectivity index (χ3v) is 2.06. The summed E-state index contributed by atoms with van der Waals surface area (Å²) in [6.45, 7) is 1.32. The molecule has 1 aromatic carbocycles. The predicted molar refractivity (Wildman–Crippen MR) is 57.9 cm³/mol. The van der Waals surface area contributed by atoms with Crippen LogP contribution < -0.4 is 10.5 Å². The van der Waals surface area contributed by atoms with Gasteiger partial charge < -0.3 is 15.2 Å². The van der Waals surface area contributed by atoms with Crippen LogP contribution in [0.4, 0.5) is 5.69 Å². The van der Waals surface area contributed by atoms with E-state index in [2.05, 4.69) is 0 Å². The summed E-state index contributed by atoms with van der Waals surface area (Å²) in [5.41, 5.74) is 6.12. The molecule has 0 saturated carbocycles. The Morgan fingerprint density at radius 3 is 2.79 bits per heavy atom. The number of methoxy groups -OCH3 is 1. The first kappa shape index (κ1) is 11.1. The van der Waals surface area contributed by atoms with Crippen molar-refractivity contribution in [2.24, 2.45) is 0 Å². The first-order chi connectivity index (χ1) is 6.74. The van der Waals surface area contributed by atoms with E-state index in [4.69, 9.17) is 26.8 Å². The molecule has 0 amide bonds. The van der Waals surface area contributed by atoms with Crippen LogP contribution in [-0.4, -0.2) is 20.3 Å². The molecule has 0 aliphatic rings. The number of anilines is 1. The lowest BCUT2D eigenvalue weighted by Crippen LogP contribution is -2.01. The van der Waals surface area contributed by atoms with Crippen molar-refractivity contribution < 1.29 is 9.47 Å². The smallest absolute Gasteiger partial charge is 0.120 e. The molecular weight excluding hydrogens is 202 g/mol. The maximum Gasteiger partial charge on any atom is 0.120 e. The van der Waals surface area contributed by atoms with E-state index < -0.39 is 0 Å². The molecule has 0 atom stereocenters. The number of hydrogen-bond donors (Lipinski definition) is 1. The molecule has 0 aliphatic carbocycles. The number of nitrogen functional groups attached to an aromatic ring is 1. The van der Waals surface area contributed by atoms with E-state index in [9.17, 15) is 0 Å². The van der Waals surface area contributed by atoms with Crippen LogP contribution in [0.25, 0.3) is 0 Å². The van der Waals surface area contributed by atoms with Gasteiger partial charge in [0.1, 0.15) is 5.75 Å². The highest BCUT2D eigenvalue weighted by Gasteiger charge is 1.98. The summed E-state index contributed by atoms with van der Waals surface area (Å²) in [4.78, 5) is 0. The first-order valence-electron chi connectivity index (χ1n) is 4.41. The van der Waals surface area contributed by atoms with E-state index in [1.165, 1.54) is 0 Å². The molecule has 2 N–H and O–H groups in total. The van der Waals surface area contributed by atoms with Gasteiger partial charge in [-0.05, 0) is 12.1 Å². The molecule has 1 rings (SSSR count). The summed E-state index contributed by atoms with van der Waals surface area (Å²) in [7, 11) is 1.67. The summed E-state index contributed by atoms with van der Waals surface area (Å²) in [5, 5.41) is 0.522. The zero-order valence-corrected chi connectivity index (χ0v) is 8.88. The topological polar surface area (TPSA) is 44.5 Å². The minimum atomic E-state index is 0.522. The third kappa shape index (κ3) is 3.44. The second-order valence-electron chi connectivity index (χ2n) is 2.88. The van der Waals surface area contributed by atoms with Crippen LogP contribution in [0.3, 0.4) is 0 Å². The molecule has 0 bridgehead atoms. The fraction of sp³-hybridized carbons (Fsp3) is 0.400. The van der Waals surface area contributed by atoms with Crippen LogP contribution in [0.15, 0.2) is 18.2 Å². The minimum Gasteiger partial charge on any atom is -0.493 e. The van der Waals surface area contributed by atoms with Gasteiger partial charge in [-0.3, -0.25) is 0 Å². The summed E-state index contributed by atoms with van der Waals surface area (Å²) >= 11 is 5.82. The van der Waals surface area contributed by atoms with E-state index in [1.807, 2.05) is 0 Å². The molecule has 0 aliphatic heterocycles. The standard InChI is InChI=1S/C10H14ClNO2/c1-13-5-2-6-14-8-3-4-10(12)9(11)7-8/h3-4,7H,2,5-6,12H2,1H3. The molecular formula is C10H14ClNO2. The van der Waals surface area contributed by atoms with E-state index in [0.717, 1.165) is 12.2 Å². The molecule has 0 unspecified atom stereocenters. The molecule has 0 spiro atoms. The molecule has 0 heterocycles. The van der Waals surface area contributed by atoms with Gasteiger partial charge in [-0.25, -0.2) is 0 Å². The Kier molecular flexibility index (Phi) is 4.56. The highest BCUT2D eigenvalue weighted by Crippen LogP contribution is 2.23. The summed E-state index contributed by atoms with van der Waals surface area (Å²) in [6.07, 6.45) is 0.860.